The maximum Gasteiger partial charge on any atom is 0.135 e. The Bertz CT molecular complexity index is 3670. The van der Waals surface area contributed by atoms with Gasteiger partial charge in [-0.15, -0.1) is 53.6 Å². The average Bonchev–Trinajstić information content (AvgIpc) is 3.91. The van der Waals surface area contributed by atoms with Crippen LogP contribution >= 0.6 is 0 Å². The van der Waals surface area contributed by atoms with E-state index in [4.69, 9.17) is 9.72 Å². The number of rotatable bonds is 10. The second-order valence-electron chi connectivity index (χ2n) is 20.5. The molecule has 0 fully saturated rings. The molecule has 0 radical (unpaired) electrons. The number of pyridine rings is 1. The molecule has 10 aromatic rings. The predicted molar refractivity (Wildman–Crippen MR) is 292 cm³/mol. The first-order valence-electron chi connectivity index (χ1n) is 24.7. The Kier molecular flexibility index (Phi) is 13.2. The van der Waals surface area contributed by atoms with Gasteiger partial charge in [-0.25, -0.2) is 13.8 Å². The molecule has 368 valence electrons. The van der Waals surface area contributed by atoms with Gasteiger partial charge < -0.3 is 19.1 Å². The summed E-state index contributed by atoms with van der Waals surface area (Å²) in [5, 5.41) is 2.14. The molecule has 1 aliphatic heterocycles. The van der Waals surface area contributed by atoms with Crippen molar-refractivity contribution in [3.8, 4) is 50.7 Å². The van der Waals surface area contributed by atoms with E-state index in [1.54, 1.807) is 0 Å². The minimum absolute atomic E-state index is 0. The van der Waals surface area contributed by atoms with Crippen molar-refractivity contribution in [1.82, 2.24) is 9.55 Å². The van der Waals surface area contributed by atoms with Crippen molar-refractivity contribution in [2.75, 3.05) is 9.80 Å². The first-order valence-corrected chi connectivity index (χ1v) is 24.7. The van der Waals surface area contributed by atoms with E-state index in [0.717, 1.165) is 84.3 Å². The number of aromatic nitrogens is 2. The van der Waals surface area contributed by atoms with Gasteiger partial charge in [0.1, 0.15) is 17.5 Å². The molecule has 5 nitrogen and oxygen atoms in total. The van der Waals surface area contributed by atoms with Crippen molar-refractivity contribution in [3.63, 3.8) is 0 Å². The van der Waals surface area contributed by atoms with Crippen LogP contribution in [0.5, 0.6) is 11.5 Å². The Morgan fingerprint density at radius 3 is 1.88 bits per heavy atom. The summed E-state index contributed by atoms with van der Waals surface area (Å²) >= 11 is 0. The van der Waals surface area contributed by atoms with Crippen LogP contribution in [0.4, 0.5) is 31.5 Å². The Labute approximate surface area is 442 Å². The minimum atomic E-state index is -0.642. The van der Waals surface area contributed by atoms with Crippen LogP contribution in [-0.2, 0) is 26.5 Å². The second kappa shape index (κ2) is 19.6. The van der Waals surface area contributed by atoms with Crippen molar-refractivity contribution in [2.24, 2.45) is 0 Å². The SMILES string of the molecule is Cc1ccccc1-c1cc(Oc2[c-]c3c(cc2)c2ccccc2n3-c2cc(C(C)(C)C)ccn2)[c-]c(N2[CH-]N(c3c(-c4cc(F)cc(F)c4)cccc3-c3cc(C(C)C)cc(C(C)C)c3)c3ccccc32)c1.[Pt]. The van der Waals surface area contributed by atoms with Crippen molar-refractivity contribution in [1.29, 1.82) is 0 Å². The molecular weight excluding hydrogens is 1090 g/mol. The van der Waals surface area contributed by atoms with Gasteiger partial charge >= 0.3 is 0 Å². The van der Waals surface area contributed by atoms with Gasteiger partial charge in [0.25, 0.3) is 0 Å². The molecule has 11 rings (SSSR count). The largest absolute Gasteiger partial charge is 0.509 e. The summed E-state index contributed by atoms with van der Waals surface area (Å²) in [6.45, 7) is 19.6. The van der Waals surface area contributed by atoms with Gasteiger partial charge in [0.05, 0.1) is 0 Å². The van der Waals surface area contributed by atoms with E-state index < -0.39 is 11.6 Å². The number of anilines is 4. The fraction of sp³-hybridized carbons (Fsp3) is 0.169. The second-order valence-corrected chi connectivity index (χ2v) is 20.5. The number of aryl methyl sites for hydroxylation is 1. The topological polar surface area (TPSA) is 33.5 Å². The molecule has 1 aliphatic rings. The van der Waals surface area contributed by atoms with E-state index >= 15 is 8.78 Å². The monoisotopic (exact) mass is 1140 g/mol. The van der Waals surface area contributed by atoms with E-state index in [-0.39, 0.29) is 38.3 Å². The van der Waals surface area contributed by atoms with Crippen LogP contribution in [0, 0.1) is 37.4 Å². The third-order valence-corrected chi connectivity index (χ3v) is 13.9. The summed E-state index contributed by atoms with van der Waals surface area (Å²) in [4.78, 5) is 9.16. The van der Waals surface area contributed by atoms with E-state index in [1.165, 1.54) is 28.8 Å². The molecule has 8 heteroatoms. The average molecular weight is 1140 g/mol. The zero-order chi connectivity index (χ0) is 50.0. The molecule has 0 amide bonds. The van der Waals surface area contributed by atoms with Crippen LogP contribution in [0.3, 0.4) is 0 Å². The molecule has 73 heavy (non-hydrogen) atoms. The number of fused-ring (bicyclic) bond motifs is 4. The number of ether oxygens (including phenoxy) is 1. The Balaban J connectivity index is 0.00000611. The van der Waals surface area contributed by atoms with Gasteiger partial charge in [0, 0.05) is 78.5 Å². The summed E-state index contributed by atoms with van der Waals surface area (Å²) in [7, 11) is 0. The molecular formula is C65H55F2N4OPt-3. The first kappa shape index (κ1) is 49.2. The Hall–Kier alpha value is -7.34. The van der Waals surface area contributed by atoms with Gasteiger partial charge in [-0.2, -0.15) is 6.07 Å². The van der Waals surface area contributed by atoms with Crippen molar-refractivity contribution in [3.05, 3.63) is 223 Å². The molecule has 3 heterocycles. The molecule has 0 saturated heterocycles. The predicted octanol–water partition coefficient (Wildman–Crippen LogP) is 18.1. The number of halogens is 2. The molecule has 0 spiro atoms. The van der Waals surface area contributed by atoms with Gasteiger partial charge in [-0.05, 0) is 111 Å². The van der Waals surface area contributed by atoms with Crippen molar-refractivity contribution >= 4 is 44.6 Å². The number of nitrogens with zero attached hydrogens (tertiary/aromatic N) is 4. The Morgan fingerprint density at radius 1 is 0.575 bits per heavy atom. The fourth-order valence-corrected chi connectivity index (χ4v) is 10.0. The van der Waals surface area contributed by atoms with Gasteiger partial charge in [-0.1, -0.05) is 145 Å². The number of para-hydroxylation sites is 4. The summed E-state index contributed by atoms with van der Waals surface area (Å²) in [5.41, 5.74) is 14.9. The molecule has 0 saturated carbocycles. The van der Waals surface area contributed by atoms with Crippen LogP contribution in [-0.4, -0.2) is 9.55 Å². The van der Waals surface area contributed by atoms with E-state index in [9.17, 15) is 0 Å². The van der Waals surface area contributed by atoms with Crippen molar-refractivity contribution < 1.29 is 34.6 Å². The van der Waals surface area contributed by atoms with E-state index in [2.05, 4.69) is 186 Å². The first-order chi connectivity index (χ1) is 34.7. The maximum atomic E-state index is 15.2. The zero-order valence-electron chi connectivity index (χ0n) is 42.2. The van der Waals surface area contributed by atoms with E-state index in [1.807, 2.05) is 54.7 Å². The van der Waals surface area contributed by atoms with Crippen LogP contribution in [0.2, 0.25) is 0 Å². The van der Waals surface area contributed by atoms with Gasteiger partial charge in [-0.3, -0.25) is 0 Å². The molecule has 0 bridgehead atoms. The number of benzene rings is 8. The molecule has 0 N–H and O–H groups in total. The normalized spacial score (nSPS) is 12.5. The quantitative estimate of drug-likeness (QED) is 0.128. The smallest absolute Gasteiger partial charge is 0.135 e. The standard InChI is InChI=1S/C65H55F2N4O.Pt/c1-40(2)43-28-44(41(3)4)30-45(29-43)55-19-15-20-56(46-31-49(66)36-50(67)32-46)64(55)70-39-69(60-22-13-14-23-61(60)70)51-33-47(54-17-10-9-16-42(54)5)34-53(37-51)72-52-24-25-58-57-18-11-12-21-59(57)71(62(58)38-52)63-35-48(26-27-68-63)65(6,7)8;/h9-36,39-41H,1-8H3;/q-3;. The molecule has 2 aromatic heterocycles. The molecule has 8 aromatic carbocycles. The van der Waals surface area contributed by atoms with E-state index in [0.29, 0.717) is 22.6 Å². The number of hydrogen-bond donors (Lipinski definition) is 0. The fourth-order valence-electron chi connectivity index (χ4n) is 10.0. The summed E-state index contributed by atoms with van der Waals surface area (Å²) in [6, 6.07) is 61.3. The zero-order valence-corrected chi connectivity index (χ0v) is 44.4. The van der Waals surface area contributed by atoms with Crippen LogP contribution in [0.25, 0.3) is 61.0 Å². The third kappa shape index (κ3) is 9.36. The summed E-state index contributed by atoms with van der Waals surface area (Å²) in [6.07, 6.45) is 1.88. The summed E-state index contributed by atoms with van der Waals surface area (Å²) in [5.74, 6) is 1.12. The van der Waals surface area contributed by atoms with Crippen LogP contribution in [0.1, 0.15) is 82.6 Å². The number of hydrogen-bond acceptors (Lipinski definition) is 4. The molecule has 0 unspecified atom stereocenters. The van der Waals surface area contributed by atoms with Crippen LogP contribution in [0.15, 0.2) is 170 Å². The van der Waals surface area contributed by atoms with Gasteiger partial charge in [0.2, 0.25) is 0 Å². The van der Waals surface area contributed by atoms with Crippen LogP contribution < -0.4 is 14.5 Å². The molecule has 0 aliphatic carbocycles. The minimum Gasteiger partial charge on any atom is -0.509 e. The maximum absolute atomic E-state index is 15.2. The van der Waals surface area contributed by atoms with Crippen molar-refractivity contribution in [2.45, 2.75) is 72.6 Å². The molecule has 0 atom stereocenters. The third-order valence-electron chi connectivity index (χ3n) is 13.9. The Morgan fingerprint density at radius 2 is 1.19 bits per heavy atom. The summed E-state index contributed by atoms with van der Waals surface area (Å²) < 4.78 is 39.6. The van der Waals surface area contributed by atoms with Gasteiger partial charge in [0.15, 0.2) is 0 Å².